The Bertz CT molecular complexity index is 452. The zero-order chi connectivity index (χ0) is 13.2. The summed E-state index contributed by atoms with van der Waals surface area (Å²) in [6.45, 7) is 6.97. The van der Waals surface area contributed by atoms with Crippen molar-refractivity contribution in [2.45, 2.75) is 45.6 Å². The zero-order valence-electron chi connectivity index (χ0n) is 11.4. The standard InChI is InChI=1S/C15H21NO2/c1-4-8-15(2,3)16-14(17)12-5-6-13-11(10-12)7-9-18-13/h5-6,10H,4,7-9H2,1-3H3,(H,16,17). The van der Waals surface area contributed by atoms with Crippen LogP contribution in [0.5, 0.6) is 5.75 Å². The molecule has 1 N–H and O–H groups in total. The minimum atomic E-state index is -0.151. The predicted octanol–water partition coefficient (Wildman–Crippen LogP) is 2.93. The lowest BCUT2D eigenvalue weighted by molar-refractivity contribution is 0.0909. The van der Waals surface area contributed by atoms with Crippen LogP contribution in [0, 0.1) is 0 Å². The minimum Gasteiger partial charge on any atom is -0.493 e. The maximum absolute atomic E-state index is 12.2. The molecule has 3 heteroatoms. The molecule has 18 heavy (non-hydrogen) atoms. The first-order chi connectivity index (χ1) is 8.52. The topological polar surface area (TPSA) is 38.3 Å². The van der Waals surface area contributed by atoms with Gasteiger partial charge in [0.15, 0.2) is 0 Å². The molecule has 1 aromatic carbocycles. The summed E-state index contributed by atoms with van der Waals surface area (Å²) in [6, 6.07) is 5.67. The Morgan fingerprint density at radius 1 is 1.44 bits per heavy atom. The molecule has 0 saturated carbocycles. The van der Waals surface area contributed by atoms with Crippen LogP contribution in [-0.2, 0) is 6.42 Å². The van der Waals surface area contributed by atoms with Gasteiger partial charge in [0.25, 0.3) is 5.91 Å². The van der Waals surface area contributed by atoms with Crippen LogP contribution < -0.4 is 10.1 Å². The number of benzene rings is 1. The molecule has 0 atom stereocenters. The van der Waals surface area contributed by atoms with Crippen LogP contribution >= 0.6 is 0 Å². The van der Waals surface area contributed by atoms with Crippen LogP contribution in [0.15, 0.2) is 18.2 Å². The Morgan fingerprint density at radius 2 is 2.22 bits per heavy atom. The Balaban J connectivity index is 2.10. The number of amides is 1. The Labute approximate surface area is 109 Å². The van der Waals surface area contributed by atoms with Crippen molar-refractivity contribution >= 4 is 5.91 Å². The predicted molar refractivity (Wildman–Crippen MR) is 72.1 cm³/mol. The molecular formula is C15H21NO2. The number of ether oxygens (including phenoxy) is 1. The maximum Gasteiger partial charge on any atom is 0.251 e. The van der Waals surface area contributed by atoms with Gasteiger partial charge >= 0.3 is 0 Å². The quantitative estimate of drug-likeness (QED) is 0.888. The van der Waals surface area contributed by atoms with Crippen LogP contribution in [0.1, 0.15) is 49.5 Å². The lowest BCUT2D eigenvalue weighted by atomic mass is 9.98. The van der Waals surface area contributed by atoms with Gasteiger partial charge in [-0.15, -0.1) is 0 Å². The number of hydrogen-bond acceptors (Lipinski definition) is 2. The first-order valence-electron chi connectivity index (χ1n) is 6.60. The van der Waals surface area contributed by atoms with E-state index in [9.17, 15) is 4.79 Å². The monoisotopic (exact) mass is 247 g/mol. The molecule has 0 bridgehead atoms. The fourth-order valence-corrected chi connectivity index (χ4v) is 2.39. The van der Waals surface area contributed by atoms with E-state index in [1.165, 1.54) is 0 Å². The maximum atomic E-state index is 12.2. The van der Waals surface area contributed by atoms with Crippen molar-refractivity contribution in [1.29, 1.82) is 0 Å². The number of carbonyl (C=O) groups excluding carboxylic acids is 1. The van der Waals surface area contributed by atoms with Gasteiger partial charge in [0, 0.05) is 17.5 Å². The Morgan fingerprint density at radius 3 is 2.94 bits per heavy atom. The van der Waals surface area contributed by atoms with E-state index in [1.54, 1.807) is 0 Å². The van der Waals surface area contributed by atoms with E-state index in [4.69, 9.17) is 4.74 Å². The summed E-state index contributed by atoms with van der Waals surface area (Å²) in [5.74, 6) is 0.919. The number of rotatable bonds is 4. The SMILES string of the molecule is CCCC(C)(C)NC(=O)c1ccc2c(c1)CCO2. The first-order valence-corrected chi connectivity index (χ1v) is 6.60. The summed E-state index contributed by atoms with van der Waals surface area (Å²) in [5.41, 5.74) is 1.71. The lowest BCUT2D eigenvalue weighted by Crippen LogP contribution is -2.43. The van der Waals surface area contributed by atoms with Crippen molar-refractivity contribution < 1.29 is 9.53 Å². The highest BCUT2D eigenvalue weighted by molar-refractivity contribution is 5.95. The van der Waals surface area contributed by atoms with E-state index in [0.717, 1.165) is 42.7 Å². The van der Waals surface area contributed by atoms with Gasteiger partial charge in [-0.05, 0) is 44.0 Å². The second kappa shape index (κ2) is 5.01. The van der Waals surface area contributed by atoms with E-state index in [0.29, 0.717) is 0 Å². The van der Waals surface area contributed by atoms with Gasteiger partial charge in [-0.3, -0.25) is 4.79 Å². The van der Waals surface area contributed by atoms with E-state index in [2.05, 4.69) is 26.1 Å². The third-order valence-corrected chi connectivity index (χ3v) is 3.28. The van der Waals surface area contributed by atoms with Crippen molar-refractivity contribution in [3.8, 4) is 5.75 Å². The molecule has 1 amide bonds. The molecule has 0 aromatic heterocycles. The Kier molecular flexibility index (Phi) is 3.60. The van der Waals surface area contributed by atoms with Gasteiger partial charge in [0.1, 0.15) is 5.75 Å². The highest BCUT2D eigenvalue weighted by Crippen LogP contribution is 2.26. The minimum absolute atomic E-state index is 0.00292. The molecule has 1 aromatic rings. The van der Waals surface area contributed by atoms with E-state index >= 15 is 0 Å². The second-order valence-electron chi connectivity index (χ2n) is 5.51. The normalized spacial score (nSPS) is 13.9. The van der Waals surface area contributed by atoms with E-state index < -0.39 is 0 Å². The van der Waals surface area contributed by atoms with Crippen LogP contribution in [0.4, 0.5) is 0 Å². The highest BCUT2D eigenvalue weighted by Gasteiger charge is 2.21. The van der Waals surface area contributed by atoms with Gasteiger partial charge < -0.3 is 10.1 Å². The van der Waals surface area contributed by atoms with Crippen molar-refractivity contribution in [3.05, 3.63) is 29.3 Å². The van der Waals surface area contributed by atoms with Crippen LogP contribution in [0.25, 0.3) is 0 Å². The highest BCUT2D eigenvalue weighted by atomic mass is 16.5. The van der Waals surface area contributed by atoms with Gasteiger partial charge in [0.05, 0.1) is 6.61 Å². The molecule has 0 spiro atoms. The molecule has 0 unspecified atom stereocenters. The third kappa shape index (κ3) is 2.84. The first kappa shape index (κ1) is 12.9. The number of nitrogens with one attached hydrogen (secondary N) is 1. The molecule has 0 radical (unpaired) electrons. The molecule has 2 rings (SSSR count). The fraction of sp³-hybridized carbons (Fsp3) is 0.533. The average Bonchev–Trinajstić information content (AvgIpc) is 2.74. The summed E-state index contributed by atoms with van der Waals surface area (Å²) in [7, 11) is 0. The largest absolute Gasteiger partial charge is 0.493 e. The van der Waals surface area contributed by atoms with Crippen LogP contribution in [0.3, 0.4) is 0 Å². The van der Waals surface area contributed by atoms with Crippen molar-refractivity contribution in [2.24, 2.45) is 0 Å². The van der Waals surface area contributed by atoms with Gasteiger partial charge in [0.2, 0.25) is 0 Å². The van der Waals surface area contributed by atoms with Crippen LogP contribution in [-0.4, -0.2) is 18.1 Å². The van der Waals surface area contributed by atoms with Crippen LogP contribution in [0.2, 0.25) is 0 Å². The van der Waals surface area contributed by atoms with Gasteiger partial charge in [-0.1, -0.05) is 13.3 Å². The average molecular weight is 247 g/mol. The van der Waals surface area contributed by atoms with E-state index in [1.807, 2.05) is 18.2 Å². The van der Waals surface area contributed by atoms with Crippen molar-refractivity contribution in [2.75, 3.05) is 6.61 Å². The number of fused-ring (bicyclic) bond motifs is 1. The summed E-state index contributed by atoms with van der Waals surface area (Å²) < 4.78 is 5.44. The van der Waals surface area contributed by atoms with Crippen molar-refractivity contribution in [3.63, 3.8) is 0 Å². The number of carbonyl (C=O) groups is 1. The second-order valence-corrected chi connectivity index (χ2v) is 5.51. The fourth-order valence-electron chi connectivity index (χ4n) is 2.39. The smallest absolute Gasteiger partial charge is 0.251 e. The third-order valence-electron chi connectivity index (χ3n) is 3.28. The zero-order valence-corrected chi connectivity index (χ0v) is 11.4. The summed E-state index contributed by atoms with van der Waals surface area (Å²) in [5, 5.41) is 3.08. The number of hydrogen-bond donors (Lipinski definition) is 1. The molecule has 1 aliphatic heterocycles. The summed E-state index contributed by atoms with van der Waals surface area (Å²) in [4.78, 5) is 12.2. The van der Waals surface area contributed by atoms with Gasteiger partial charge in [-0.25, -0.2) is 0 Å². The van der Waals surface area contributed by atoms with Crippen molar-refractivity contribution in [1.82, 2.24) is 5.32 Å². The Hall–Kier alpha value is -1.51. The molecule has 1 heterocycles. The molecule has 1 aliphatic rings. The molecule has 0 fully saturated rings. The lowest BCUT2D eigenvalue weighted by Gasteiger charge is -2.25. The molecule has 0 aliphatic carbocycles. The van der Waals surface area contributed by atoms with E-state index in [-0.39, 0.29) is 11.4 Å². The summed E-state index contributed by atoms with van der Waals surface area (Å²) in [6.07, 6.45) is 2.94. The molecular weight excluding hydrogens is 226 g/mol. The molecule has 98 valence electrons. The molecule has 0 saturated heterocycles. The van der Waals surface area contributed by atoms with Gasteiger partial charge in [-0.2, -0.15) is 0 Å². The molecule has 3 nitrogen and oxygen atoms in total. The summed E-state index contributed by atoms with van der Waals surface area (Å²) >= 11 is 0.